The minimum absolute atomic E-state index is 0.929. The fourth-order valence-corrected chi connectivity index (χ4v) is 2.16. The first-order chi connectivity index (χ1) is 6.90. The van der Waals surface area contributed by atoms with Gasteiger partial charge in [-0.25, -0.2) is 0 Å². The molecule has 0 amide bonds. The van der Waals surface area contributed by atoms with E-state index in [0.29, 0.717) is 0 Å². The van der Waals surface area contributed by atoms with Gasteiger partial charge in [0.1, 0.15) is 0 Å². The second kappa shape index (κ2) is 4.40. The molecule has 1 aromatic heterocycles. The summed E-state index contributed by atoms with van der Waals surface area (Å²) in [6.07, 6.45) is 0. The third kappa shape index (κ3) is 2.03. The van der Waals surface area contributed by atoms with E-state index in [1.807, 2.05) is 7.05 Å². The van der Waals surface area contributed by atoms with Crippen LogP contribution in [0.25, 0.3) is 11.1 Å². The van der Waals surface area contributed by atoms with Crippen molar-refractivity contribution >= 4 is 11.3 Å². The van der Waals surface area contributed by atoms with Gasteiger partial charge in [-0.3, -0.25) is 0 Å². The van der Waals surface area contributed by atoms with E-state index in [2.05, 4.69) is 46.4 Å². The van der Waals surface area contributed by atoms with Crippen LogP contribution in [-0.2, 0) is 6.54 Å². The Morgan fingerprint density at radius 3 is 2.86 bits per heavy atom. The van der Waals surface area contributed by atoms with Gasteiger partial charge in [0.2, 0.25) is 0 Å². The summed E-state index contributed by atoms with van der Waals surface area (Å²) in [7, 11) is 1.97. The molecule has 0 saturated carbocycles. The molecule has 0 spiro atoms. The lowest BCUT2D eigenvalue weighted by Gasteiger charge is -2.02. The first-order valence-electron chi connectivity index (χ1n) is 4.66. The van der Waals surface area contributed by atoms with Crippen molar-refractivity contribution < 1.29 is 0 Å². The van der Waals surface area contributed by atoms with E-state index in [1.165, 1.54) is 16.7 Å². The highest BCUT2D eigenvalue weighted by molar-refractivity contribution is 7.08. The average molecular weight is 203 g/mol. The Kier molecular flexibility index (Phi) is 2.96. The Hall–Kier alpha value is -1.12. The Balaban J connectivity index is 2.31. The maximum absolute atomic E-state index is 3.16. The number of hydrogen-bond acceptors (Lipinski definition) is 2. The van der Waals surface area contributed by atoms with Gasteiger partial charge in [0.05, 0.1) is 0 Å². The maximum Gasteiger partial charge on any atom is 0.0202 e. The van der Waals surface area contributed by atoms with Gasteiger partial charge in [-0.05, 0) is 46.6 Å². The molecule has 2 heteroatoms. The van der Waals surface area contributed by atoms with E-state index >= 15 is 0 Å². The molecule has 0 aliphatic rings. The Labute approximate surface area is 88.4 Å². The third-order valence-electron chi connectivity index (χ3n) is 2.16. The molecule has 72 valence electrons. The van der Waals surface area contributed by atoms with E-state index in [0.717, 1.165) is 6.54 Å². The number of rotatable bonds is 3. The lowest BCUT2D eigenvalue weighted by atomic mass is 10.1. The number of benzene rings is 1. The lowest BCUT2D eigenvalue weighted by Crippen LogP contribution is -2.04. The number of hydrogen-bond donors (Lipinski definition) is 1. The molecule has 0 aliphatic heterocycles. The summed E-state index contributed by atoms with van der Waals surface area (Å²) >= 11 is 1.74. The predicted octanol–water partition coefficient (Wildman–Crippen LogP) is 3.13. The smallest absolute Gasteiger partial charge is 0.0202 e. The fourth-order valence-electron chi connectivity index (χ4n) is 1.49. The zero-order valence-corrected chi connectivity index (χ0v) is 8.97. The van der Waals surface area contributed by atoms with E-state index in [4.69, 9.17) is 0 Å². The van der Waals surface area contributed by atoms with Crippen LogP contribution in [0.1, 0.15) is 5.56 Å². The molecule has 1 aromatic carbocycles. The first kappa shape index (κ1) is 9.44. The van der Waals surface area contributed by atoms with Crippen LogP contribution in [0.3, 0.4) is 0 Å². The maximum atomic E-state index is 3.16. The summed E-state index contributed by atoms with van der Waals surface area (Å²) in [5.74, 6) is 0. The van der Waals surface area contributed by atoms with E-state index < -0.39 is 0 Å². The summed E-state index contributed by atoms with van der Waals surface area (Å²) in [4.78, 5) is 0. The second-order valence-electron chi connectivity index (χ2n) is 3.24. The van der Waals surface area contributed by atoms with Gasteiger partial charge >= 0.3 is 0 Å². The van der Waals surface area contributed by atoms with Crippen LogP contribution in [0.5, 0.6) is 0 Å². The molecular weight excluding hydrogens is 190 g/mol. The SMILES string of the molecule is CNCc1cccc(-c2ccsc2)c1. The molecule has 0 bridgehead atoms. The van der Waals surface area contributed by atoms with Gasteiger partial charge < -0.3 is 5.32 Å². The third-order valence-corrected chi connectivity index (χ3v) is 2.85. The van der Waals surface area contributed by atoms with Gasteiger partial charge in [-0.15, -0.1) is 0 Å². The van der Waals surface area contributed by atoms with Crippen LogP contribution in [0.2, 0.25) is 0 Å². The monoisotopic (exact) mass is 203 g/mol. The molecule has 0 atom stereocenters. The Morgan fingerprint density at radius 2 is 2.14 bits per heavy atom. The lowest BCUT2D eigenvalue weighted by molar-refractivity contribution is 0.818. The predicted molar refractivity (Wildman–Crippen MR) is 62.5 cm³/mol. The summed E-state index contributed by atoms with van der Waals surface area (Å²) in [6.45, 7) is 0.929. The summed E-state index contributed by atoms with van der Waals surface area (Å²) in [5, 5.41) is 7.45. The molecule has 1 nitrogen and oxygen atoms in total. The van der Waals surface area contributed by atoms with Crippen molar-refractivity contribution in [3.8, 4) is 11.1 Å². The number of nitrogens with one attached hydrogen (secondary N) is 1. The van der Waals surface area contributed by atoms with Crippen molar-refractivity contribution in [2.24, 2.45) is 0 Å². The van der Waals surface area contributed by atoms with Crippen molar-refractivity contribution in [1.29, 1.82) is 0 Å². The summed E-state index contributed by atoms with van der Waals surface area (Å²) in [6, 6.07) is 10.8. The fraction of sp³-hybridized carbons (Fsp3) is 0.167. The highest BCUT2D eigenvalue weighted by Gasteiger charge is 1.98. The normalized spacial score (nSPS) is 10.4. The Morgan fingerprint density at radius 1 is 1.21 bits per heavy atom. The van der Waals surface area contributed by atoms with Gasteiger partial charge in [0.25, 0.3) is 0 Å². The molecule has 14 heavy (non-hydrogen) atoms. The van der Waals surface area contributed by atoms with Gasteiger partial charge in [0.15, 0.2) is 0 Å². The molecule has 0 fully saturated rings. The van der Waals surface area contributed by atoms with Crippen LogP contribution in [0, 0.1) is 0 Å². The quantitative estimate of drug-likeness (QED) is 0.808. The Bertz CT molecular complexity index is 392. The van der Waals surface area contributed by atoms with E-state index in [1.54, 1.807) is 11.3 Å². The molecule has 0 unspecified atom stereocenters. The minimum Gasteiger partial charge on any atom is -0.316 e. The van der Waals surface area contributed by atoms with E-state index in [9.17, 15) is 0 Å². The molecule has 1 N–H and O–H groups in total. The standard InChI is InChI=1S/C12H13NS/c1-13-8-10-3-2-4-11(7-10)12-5-6-14-9-12/h2-7,9,13H,8H2,1H3. The molecule has 2 rings (SSSR count). The largest absolute Gasteiger partial charge is 0.316 e. The van der Waals surface area contributed by atoms with Crippen LogP contribution in [0.4, 0.5) is 0 Å². The van der Waals surface area contributed by atoms with Crippen molar-refractivity contribution in [2.45, 2.75) is 6.54 Å². The molecule has 0 saturated heterocycles. The van der Waals surface area contributed by atoms with Crippen LogP contribution in [0.15, 0.2) is 41.1 Å². The highest BCUT2D eigenvalue weighted by Crippen LogP contribution is 2.22. The molecule has 1 heterocycles. The summed E-state index contributed by atoms with van der Waals surface area (Å²) in [5.41, 5.74) is 3.95. The molecule has 0 aliphatic carbocycles. The van der Waals surface area contributed by atoms with Crippen molar-refractivity contribution in [3.05, 3.63) is 46.7 Å². The molecular formula is C12H13NS. The van der Waals surface area contributed by atoms with Crippen LogP contribution in [-0.4, -0.2) is 7.05 Å². The zero-order chi connectivity index (χ0) is 9.80. The van der Waals surface area contributed by atoms with Gasteiger partial charge in [-0.1, -0.05) is 18.2 Å². The van der Waals surface area contributed by atoms with E-state index in [-0.39, 0.29) is 0 Å². The number of thiophene rings is 1. The second-order valence-corrected chi connectivity index (χ2v) is 4.02. The van der Waals surface area contributed by atoms with Crippen molar-refractivity contribution in [1.82, 2.24) is 5.32 Å². The molecule has 2 aromatic rings. The topological polar surface area (TPSA) is 12.0 Å². The highest BCUT2D eigenvalue weighted by atomic mass is 32.1. The summed E-state index contributed by atoms with van der Waals surface area (Å²) < 4.78 is 0. The zero-order valence-electron chi connectivity index (χ0n) is 8.16. The van der Waals surface area contributed by atoms with Crippen LogP contribution >= 0.6 is 11.3 Å². The van der Waals surface area contributed by atoms with Crippen LogP contribution < -0.4 is 5.32 Å². The molecule has 0 radical (unpaired) electrons. The minimum atomic E-state index is 0.929. The average Bonchev–Trinajstić information content (AvgIpc) is 2.71. The van der Waals surface area contributed by atoms with Gasteiger partial charge in [0, 0.05) is 6.54 Å². The first-order valence-corrected chi connectivity index (χ1v) is 5.60. The van der Waals surface area contributed by atoms with Crippen molar-refractivity contribution in [2.75, 3.05) is 7.05 Å². The van der Waals surface area contributed by atoms with Gasteiger partial charge in [-0.2, -0.15) is 11.3 Å². The van der Waals surface area contributed by atoms with Crippen molar-refractivity contribution in [3.63, 3.8) is 0 Å².